The van der Waals surface area contributed by atoms with Gasteiger partial charge >= 0.3 is 5.97 Å². The van der Waals surface area contributed by atoms with Crippen molar-refractivity contribution >= 4 is 27.7 Å². The molecule has 6 heteroatoms. The fourth-order valence-electron chi connectivity index (χ4n) is 1.30. The van der Waals surface area contributed by atoms with Gasteiger partial charge in [-0.15, -0.1) is 0 Å². The van der Waals surface area contributed by atoms with Gasteiger partial charge in [-0.05, 0) is 27.9 Å². The monoisotopic (exact) mass is 316 g/mol. The van der Waals surface area contributed by atoms with Gasteiger partial charge in [0.05, 0.1) is 6.61 Å². The van der Waals surface area contributed by atoms with Crippen molar-refractivity contribution in [2.24, 2.45) is 5.92 Å². The average Bonchev–Trinajstić information content (AvgIpc) is 2.29. The second-order valence-corrected chi connectivity index (χ2v) is 5.17. The number of pyridine rings is 1. The maximum atomic E-state index is 11.0. The molecule has 1 aromatic rings. The number of hydrogen-bond acceptors (Lipinski definition) is 4. The van der Waals surface area contributed by atoms with E-state index in [0.29, 0.717) is 36.0 Å². The summed E-state index contributed by atoms with van der Waals surface area (Å²) in [6, 6.07) is 1.52. The Morgan fingerprint density at radius 1 is 1.61 bits per heavy atom. The molecule has 0 fully saturated rings. The minimum atomic E-state index is -1.01. The van der Waals surface area contributed by atoms with Crippen LogP contribution in [-0.4, -0.2) is 35.8 Å². The van der Waals surface area contributed by atoms with Gasteiger partial charge in [-0.3, -0.25) is 0 Å². The lowest BCUT2D eigenvalue weighted by Gasteiger charge is -2.10. The topological polar surface area (TPSA) is 71.5 Å². The minimum absolute atomic E-state index is 0.147. The normalized spacial score (nSPS) is 10.7. The van der Waals surface area contributed by atoms with Gasteiger partial charge in [0.2, 0.25) is 0 Å². The number of aromatic carboxylic acids is 1. The van der Waals surface area contributed by atoms with Crippen LogP contribution >= 0.6 is 15.9 Å². The zero-order chi connectivity index (χ0) is 13.5. The molecule has 1 rings (SSSR count). The molecule has 0 amide bonds. The van der Waals surface area contributed by atoms with E-state index in [1.807, 2.05) is 0 Å². The third-order valence-electron chi connectivity index (χ3n) is 2.07. The molecule has 18 heavy (non-hydrogen) atoms. The van der Waals surface area contributed by atoms with Gasteiger partial charge < -0.3 is 15.2 Å². The van der Waals surface area contributed by atoms with Crippen molar-refractivity contribution in [1.82, 2.24) is 4.98 Å². The molecule has 0 bridgehead atoms. The van der Waals surface area contributed by atoms with Crippen LogP contribution in [0.15, 0.2) is 16.7 Å². The standard InChI is InChI=1S/C12H17BrN2O3/c1-8(2)7-18-4-3-14-11-10(12(16)17)5-9(13)6-15-11/h5-6,8H,3-4,7H2,1-2H3,(H,14,15)(H,16,17). The summed E-state index contributed by atoms with van der Waals surface area (Å²) in [5.41, 5.74) is 0.147. The van der Waals surface area contributed by atoms with Gasteiger partial charge in [0, 0.05) is 23.8 Å². The molecule has 1 heterocycles. The van der Waals surface area contributed by atoms with Crippen LogP contribution < -0.4 is 5.32 Å². The van der Waals surface area contributed by atoms with Gasteiger partial charge in [-0.1, -0.05) is 13.8 Å². The van der Waals surface area contributed by atoms with Crippen molar-refractivity contribution in [1.29, 1.82) is 0 Å². The Bertz CT molecular complexity index is 410. The summed E-state index contributed by atoms with van der Waals surface area (Å²) in [6.07, 6.45) is 1.56. The van der Waals surface area contributed by atoms with Crippen molar-refractivity contribution < 1.29 is 14.6 Å². The SMILES string of the molecule is CC(C)COCCNc1ncc(Br)cc1C(=O)O. The Balaban J connectivity index is 2.49. The fraction of sp³-hybridized carbons (Fsp3) is 0.500. The lowest BCUT2D eigenvalue weighted by Crippen LogP contribution is -2.15. The molecule has 0 saturated carbocycles. The molecule has 0 spiro atoms. The van der Waals surface area contributed by atoms with Crippen LogP contribution in [0.3, 0.4) is 0 Å². The molecule has 1 aromatic heterocycles. The van der Waals surface area contributed by atoms with Crippen molar-refractivity contribution in [3.05, 3.63) is 22.3 Å². The number of nitrogens with zero attached hydrogens (tertiary/aromatic N) is 1. The number of ether oxygens (including phenoxy) is 1. The quantitative estimate of drug-likeness (QED) is 0.757. The number of carbonyl (C=O) groups is 1. The Morgan fingerprint density at radius 3 is 2.94 bits per heavy atom. The number of anilines is 1. The molecule has 0 aliphatic heterocycles. The lowest BCUT2D eigenvalue weighted by molar-refractivity contribution is 0.0697. The Labute approximate surface area is 115 Å². The first kappa shape index (κ1) is 14.9. The molecule has 0 unspecified atom stereocenters. The smallest absolute Gasteiger partial charge is 0.339 e. The van der Waals surface area contributed by atoms with Crippen LogP contribution in [0.4, 0.5) is 5.82 Å². The number of nitrogens with one attached hydrogen (secondary N) is 1. The highest BCUT2D eigenvalue weighted by atomic mass is 79.9. The summed E-state index contributed by atoms with van der Waals surface area (Å²) >= 11 is 3.20. The summed E-state index contributed by atoms with van der Waals surface area (Å²) < 4.78 is 6.03. The van der Waals surface area contributed by atoms with Crippen molar-refractivity contribution in [3.63, 3.8) is 0 Å². The van der Waals surface area contributed by atoms with Crippen LogP contribution in [0.2, 0.25) is 0 Å². The molecular weight excluding hydrogens is 300 g/mol. The molecule has 0 aliphatic carbocycles. The van der Waals surface area contributed by atoms with Crippen molar-refractivity contribution in [2.75, 3.05) is 25.1 Å². The molecule has 100 valence electrons. The largest absolute Gasteiger partial charge is 0.478 e. The first-order valence-electron chi connectivity index (χ1n) is 5.71. The Kier molecular flexibility index (Phi) is 6.07. The molecule has 5 nitrogen and oxygen atoms in total. The van der Waals surface area contributed by atoms with Crippen molar-refractivity contribution in [3.8, 4) is 0 Å². The van der Waals surface area contributed by atoms with E-state index in [4.69, 9.17) is 9.84 Å². The van der Waals surface area contributed by atoms with Gasteiger partial charge in [-0.2, -0.15) is 0 Å². The molecular formula is C12H17BrN2O3. The number of rotatable bonds is 7. The zero-order valence-electron chi connectivity index (χ0n) is 10.4. The third-order valence-corrected chi connectivity index (χ3v) is 2.51. The van der Waals surface area contributed by atoms with Crippen LogP contribution in [0, 0.1) is 5.92 Å². The van der Waals surface area contributed by atoms with E-state index < -0.39 is 5.97 Å². The number of carboxylic acids is 1. The van der Waals surface area contributed by atoms with E-state index in [2.05, 4.69) is 40.1 Å². The highest BCUT2D eigenvalue weighted by Crippen LogP contribution is 2.17. The molecule has 0 aliphatic rings. The van der Waals surface area contributed by atoms with Crippen molar-refractivity contribution in [2.45, 2.75) is 13.8 Å². The maximum absolute atomic E-state index is 11.0. The van der Waals surface area contributed by atoms with E-state index in [0.717, 1.165) is 0 Å². The van der Waals surface area contributed by atoms with E-state index in [1.165, 1.54) is 6.07 Å². The van der Waals surface area contributed by atoms with Crippen LogP contribution in [0.1, 0.15) is 24.2 Å². The molecule has 0 aromatic carbocycles. The number of halogens is 1. The van der Waals surface area contributed by atoms with E-state index in [-0.39, 0.29) is 5.56 Å². The molecule has 0 radical (unpaired) electrons. The van der Waals surface area contributed by atoms with Gasteiger partial charge in [0.15, 0.2) is 0 Å². The second kappa shape index (κ2) is 7.33. The lowest BCUT2D eigenvalue weighted by atomic mass is 10.2. The van der Waals surface area contributed by atoms with E-state index in [1.54, 1.807) is 6.20 Å². The molecule has 2 N–H and O–H groups in total. The second-order valence-electron chi connectivity index (χ2n) is 4.25. The highest BCUT2D eigenvalue weighted by Gasteiger charge is 2.11. The fourth-order valence-corrected chi connectivity index (χ4v) is 1.64. The van der Waals surface area contributed by atoms with E-state index in [9.17, 15) is 4.79 Å². The summed E-state index contributed by atoms with van der Waals surface area (Å²) in [5.74, 6) is -0.154. The van der Waals surface area contributed by atoms with E-state index >= 15 is 0 Å². The average molecular weight is 317 g/mol. The summed E-state index contributed by atoms with van der Waals surface area (Å²) in [5, 5.41) is 12.0. The molecule has 0 saturated heterocycles. The molecule has 0 atom stereocenters. The van der Waals surface area contributed by atoms with Crippen LogP contribution in [-0.2, 0) is 4.74 Å². The Morgan fingerprint density at radius 2 is 2.33 bits per heavy atom. The first-order chi connectivity index (χ1) is 8.50. The third kappa shape index (κ3) is 5.01. The maximum Gasteiger partial charge on any atom is 0.339 e. The highest BCUT2D eigenvalue weighted by molar-refractivity contribution is 9.10. The number of carboxylic acid groups (broad SMARTS) is 1. The zero-order valence-corrected chi connectivity index (χ0v) is 12.0. The number of aromatic nitrogens is 1. The predicted molar refractivity (Wildman–Crippen MR) is 73.0 cm³/mol. The Hall–Kier alpha value is -1.14. The van der Waals surface area contributed by atoms with Gasteiger partial charge in [0.25, 0.3) is 0 Å². The first-order valence-corrected chi connectivity index (χ1v) is 6.50. The number of hydrogen-bond donors (Lipinski definition) is 2. The minimum Gasteiger partial charge on any atom is -0.478 e. The summed E-state index contributed by atoms with van der Waals surface area (Å²) in [7, 11) is 0. The predicted octanol–water partition coefficient (Wildman–Crippen LogP) is 2.63. The summed E-state index contributed by atoms with van der Waals surface area (Å²) in [6.45, 7) is 5.90. The van der Waals surface area contributed by atoms with Gasteiger partial charge in [-0.25, -0.2) is 9.78 Å². The van der Waals surface area contributed by atoms with Crippen LogP contribution in [0.25, 0.3) is 0 Å². The summed E-state index contributed by atoms with van der Waals surface area (Å²) in [4.78, 5) is 15.1. The van der Waals surface area contributed by atoms with Gasteiger partial charge in [0.1, 0.15) is 11.4 Å². The van der Waals surface area contributed by atoms with Crippen LogP contribution in [0.5, 0.6) is 0 Å².